The van der Waals surface area contributed by atoms with Crippen LogP contribution in [-0.4, -0.2) is 70.0 Å². The summed E-state index contributed by atoms with van der Waals surface area (Å²) >= 11 is 10.5. The van der Waals surface area contributed by atoms with E-state index in [0.717, 1.165) is 6.07 Å². The van der Waals surface area contributed by atoms with E-state index < -0.39 is 23.1 Å². The smallest absolute Gasteiger partial charge is 0.196 e. The summed E-state index contributed by atoms with van der Waals surface area (Å²) in [6.45, 7) is 0. The normalized spacial score (nSPS) is 12.0. The average Bonchev–Trinajstić information content (AvgIpc) is 2.68. The predicted molar refractivity (Wildman–Crippen MR) is 123 cm³/mol. The first-order chi connectivity index (χ1) is 14.0. The number of benzene rings is 2. The molecule has 8 nitrogen and oxygen atoms in total. The maximum absolute atomic E-state index is 13.3. The number of phenolic OH excluding ortho intramolecular Hbond substituents is 2. The van der Waals surface area contributed by atoms with Crippen molar-refractivity contribution >= 4 is 57.6 Å². The van der Waals surface area contributed by atoms with Gasteiger partial charge in [-0.15, -0.1) is 0 Å². The number of hydrogen-bond donors (Lipinski definition) is 4. The van der Waals surface area contributed by atoms with Crippen LogP contribution in [0.25, 0.3) is 0 Å². The first-order valence-corrected chi connectivity index (χ1v) is 9.64. The van der Waals surface area contributed by atoms with E-state index in [2.05, 4.69) is 10.6 Å². The molecule has 0 saturated heterocycles. The summed E-state index contributed by atoms with van der Waals surface area (Å²) in [6.07, 6.45) is 0. The Labute approximate surface area is 184 Å². The minimum absolute atomic E-state index is 0.0446. The molecular formula is C20H20N4O4S2. The molecule has 0 aromatic heterocycles. The molecule has 3 rings (SSSR count). The second-order valence-corrected chi connectivity index (χ2v) is 7.85. The fourth-order valence-electron chi connectivity index (χ4n) is 3.00. The van der Waals surface area contributed by atoms with Gasteiger partial charge in [0.25, 0.3) is 0 Å². The zero-order chi connectivity index (χ0) is 22.3. The van der Waals surface area contributed by atoms with Crippen LogP contribution < -0.4 is 10.6 Å². The quantitative estimate of drug-likeness (QED) is 0.348. The summed E-state index contributed by atoms with van der Waals surface area (Å²) in [5.74, 6) is -2.08. The van der Waals surface area contributed by atoms with E-state index in [4.69, 9.17) is 24.4 Å². The zero-order valence-corrected chi connectivity index (χ0v) is 18.4. The predicted octanol–water partition coefficient (Wildman–Crippen LogP) is 2.39. The lowest BCUT2D eigenvalue weighted by Gasteiger charge is -2.25. The second kappa shape index (κ2) is 7.88. The van der Waals surface area contributed by atoms with Crippen LogP contribution >= 0.6 is 24.4 Å². The molecule has 0 spiro atoms. The maximum Gasteiger partial charge on any atom is 0.196 e. The molecule has 0 fully saturated rings. The van der Waals surface area contributed by atoms with Crippen molar-refractivity contribution in [2.24, 2.45) is 0 Å². The molecule has 0 atom stereocenters. The Balaban J connectivity index is 2.21. The van der Waals surface area contributed by atoms with Gasteiger partial charge in [0.1, 0.15) is 0 Å². The number of carbonyl (C=O) groups excluding carboxylic acids is 2. The Hall–Kier alpha value is -3.24. The highest BCUT2D eigenvalue weighted by molar-refractivity contribution is 7.80. The molecule has 4 N–H and O–H groups in total. The number of fused-ring (bicyclic) bond motifs is 2. The van der Waals surface area contributed by atoms with Gasteiger partial charge in [-0.05, 0) is 36.6 Å². The van der Waals surface area contributed by atoms with E-state index >= 15 is 0 Å². The van der Waals surface area contributed by atoms with E-state index in [1.165, 1.54) is 6.07 Å². The number of rotatable bonds is 2. The Kier molecular flexibility index (Phi) is 5.64. The fourth-order valence-corrected chi connectivity index (χ4v) is 3.21. The summed E-state index contributed by atoms with van der Waals surface area (Å²) in [5, 5.41) is 26.9. The molecule has 0 heterocycles. The summed E-state index contributed by atoms with van der Waals surface area (Å²) in [7, 11) is 6.85. The number of hydrogen-bond acceptors (Lipinski definition) is 6. The van der Waals surface area contributed by atoms with Crippen molar-refractivity contribution in [1.29, 1.82) is 0 Å². The van der Waals surface area contributed by atoms with E-state index in [9.17, 15) is 19.8 Å². The van der Waals surface area contributed by atoms with Crippen molar-refractivity contribution in [2.45, 2.75) is 0 Å². The molecule has 156 valence electrons. The number of nitrogens with one attached hydrogen (secondary N) is 2. The summed E-state index contributed by atoms with van der Waals surface area (Å²) in [6, 6.07) is 5.89. The van der Waals surface area contributed by atoms with Gasteiger partial charge < -0.3 is 30.6 Å². The molecule has 30 heavy (non-hydrogen) atoms. The van der Waals surface area contributed by atoms with Gasteiger partial charge in [0.15, 0.2) is 33.3 Å². The second-order valence-electron chi connectivity index (χ2n) is 7.08. The fraction of sp³-hybridized carbons (Fsp3) is 0.200. The third-order valence-electron chi connectivity index (χ3n) is 4.57. The molecule has 1 aliphatic carbocycles. The van der Waals surface area contributed by atoms with Crippen molar-refractivity contribution in [1.82, 2.24) is 9.80 Å². The lowest BCUT2D eigenvalue weighted by atomic mass is 9.82. The van der Waals surface area contributed by atoms with Gasteiger partial charge in [0.2, 0.25) is 0 Å². The number of aromatic hydroxyl groups is 2. The van der Waals surface area contributed by atoms with Crippen molar-refractivity contribution in [3.05, 3.63) is 46.5 Å². The summed E-state index contributed by atoms with van der Waals surface area (Å²) in [4.78, 5) is 29.9. The molecule has 0 unspecified atom stereocenters. The molecule has 0 amide bonds. The van der Waals surface area contributed by atoms with Gasteiger partial charge >= 0.3 is 0 Å². The highest BCUT2D eigenvalue weighted by Crippen LogP contribution is 2.44. The van der Waals surface area contributed by atoms with Crippen LogP contribution in [0.4, 0.5) is 11.4 Å². The van der Waals surface area contributed by atoms with Crippen molar-refractivity contribution in [3.8, 4) is 11.5 Å². The van der Waals surface area contributed by atoms with Crippen LogP contribution in [0, 0.1) is 0 Å². The van der Waals surface area contributed by atoms with E-state index in [1.54, 1.807) is 50.1 Å². The highest BCUT2D eigenvalue weighted by Gasteiger charge is 2.36. The van der Waals surface area contributed by atoms with E-state index in [1.807, 2.05) is 0 Å². The number of phenols is 2. The van der Waals surface area contributed by atoms with Crippen LogP contribution in [0.15, 0.2) is 24.3 Å². The summed E-state index contributed by atoms with van der Waals surface area (Å²) < 4.78 is 0. The number of thiocarbonyl (C=S) groups is 2. The Morgan fingerprint density at radius 2 is 1.43 bits per heavy atom. The monoisotopic (exact) mass is 444 g/mol. The lowest BCUT2D eigenvalue weighted by Crippen LogP contribution is -2.31. The molecule has 2 aromatic carbocycles. The zero-order valence-electron chi connectivity index (χ0n) is 16.7. The highest BCUT2D eigenvalue weighted by atomic mass is 32.1. The van der Waals surface area contributed by atoms with Crippen LogP contribution in [0.1, 0.15) is 31.8 Å². The molecule has 0 saturated carbocycles. The van der Waals surface area contributed by atoms with E-state index in [0.29, 0.717) is 10.8 Å². The van der Waals surface area contributed by atoms with Crippen molar-refractivity contribution in [2.75, 3.05) is 38.8 Å². The van der Waals surface area contributed by atoms with Crippen LogP contribution in [0.2, 0.25) is 0 Å². The number of carbonyl (C=O) groups is 2. The Morgan fingerprint density at radius 1 is 0.867 bits per heavy atom. The molecule has 10 heteroatoms. The summed E-state index contributed by atoms with van der Waals surface area (Å²) in [5.41, 5.74) is 0.459. The van der Waals surface area contributed by atoms with Gasteiger partial charge in [-0.2, -0.15) is 0 Å². The Bertz CT molecular complexity index is 1110. The van der Waals surface area contributed by atoms with Gasteiger partial charge in [0, 0.05) is 39.3 Å². The molecule has 0 bridgehead atoms. The first kappa shape index (κ1) is 21.5. The van der Waals surface area contributed by atoms with Gasteiger partial charge in [-0.1, -0.05) is 12.1 Å². The molecule has 1 aliphatic rings. The minimum atomic E-state index is -0.564. The van der Waals surface area contributed by atoms with Crippen molar-refractivity contribution in [3.63, 3.8) is 0 Å². The molecule has 2 aromatic rings. The van der Waals surface area contributed by atoms with Gasteiger partial charge in [0.05, 0.1) is 22.5 Å². The molecular weight excluding hydrogens is 424 g/mol. The van der Waals surface area contributed by atoms with Crippen molar-refractivity contribution < 1.29 is 19.8 Å². The lowest BCUT2D eigenvalue weighted by molar-refractivity contribution is 0.0979. The maximum atomic E-state index is 13.3. The topological polar surface area (TPSA) is 105 Å². The number of anilines is 2. The van der Waals surface area contributed by atoms with Gasteiger partial charge in [-0.25, -0.2) is 0 Å². The Morgan fingerprint density at radius 3 is 2.03 bits per heavy atom. The first-order valence-electron chi connectivity index (χ1n) is 8.82. The molecule has 0 radical (unpaired) electrons. The van der Waals surface area contributed by atoms with Crippen LogP contribution in [0.5, 0.6) is 11.5 Å². The SMILES string of the molecule is CN(C)C(=S)Nc1cccc2c1C(=O)c1cc(O)c(O)c(NC(=S)N(C)C)c1C2=O. The average molecular weight is 445 g/mol. The molecule has 0 aliphatic heterocycles. The van der Waals surface area contributed by atoms with Crippen LogP contribution in [0.3, 0.4) is 0 Å². The van der Waals surface area contributed by atoms with Gasteiger partial charge in [-0.3, -0.25) is 9.59 Å². The number of ketones is 2. The standard InChI is InChI=1S/C20H20N4O4S2/c1-23(2)19(29)21-11-7-5-6-9-13(11)17(27)10-8-12(25)18(28)15(14(10)16(9)26)22-20(30)24(3)4/h5-8,25,28H,1-4H3,(H,21,29)(H,22,30). The minimum Gasteiger partial charge on any atom is -0.504 e. The number of nitrogens with zero attached hydrogens (tertiary/aromatic N) is 2. The third-order valence-corrected chi connectivity index (χ3v) is 5.51. The largest absolute Gasteiger partial charge is 0.504 e. The van der Waals surface area contributed by atoms with Crippen LogP contribution in [-0.2, 0) is 0 Å². The van der Waals surface area contributed by atoms with E-state index in [-0.39, 0.29) is 33.1 Å². The third kappa shape index (κ3) is 3.55.